The van der Waals surface area contributed by atoms with E-state index in [-0.39, 0.29) is 0 Å². The number of hydrogen-bond acceptors (Lipinski definition) is 5. The second-order valence-corrected chi connectivity index (χ2v) is 4.15. The van der Waals surface area contributed by atoms with Crippen LogP contribution < -0.4 is 11.3 Å². The summed E-state index contributed by atoms with van der Waals surface area (Å²) in [7, 11) is 2.04. The first-order valence-corrected chi connectivity index (χ1v) is 5.79. The van der Waals surface area contributed by atoms with Gasteiger partial charge in [-0.2, -0.15) is 0 Å². The van der Waals surface area contributed by atoms with Crippen LogP contribution in [0.4, 0.5) is 5.82 Å². The Morgan fingerprint density at radius 1 is 1.11 bits per heavy atom. The highest BCUT2D eigenvalue weighted by atomic mass is 15.2. The van der Waals surface area contributed by atoms with Crippen LogP contribution >= 0.6 is 0 Å². The number of hydrogen-bond donors (Lipinski definition) is 2. The van der Waals surface area contributed by atoms with E-state index in [1.165, 1.54) is 0 Å². The largest absolute Gasteiger partial charge is 0.308 e. The first-order chi connectivity index (χ1) is 8.78. The molecule has 3 N–H and O–H groups in total. The Balaban J connectivity index is 1.96. The van der Waals surface area contributed by atoms with Gasteiger partial charge in [-0.25, -0.2) is 10.8 Å². The molecule has 18 heavy (non-hydrogen) atoms. The molecule has 2 rings (SSSR count). The van der Waals surface area contributed by atoms with Gasteiger partial charge >= 0.3 is 0 Å². The maximum absolute atomic E-state index is 5.34. The van der Waals surface area contributed by atoms with Gasteiger partial charge in [-0.1, -0.05) is 12.1 Å². The normalized spacial score (nSPS) is 10.6. The smallest absolute Gasteiger partial charge is 0.140 e. The Morgan fingerprint density at radius 3 is 2.61 bits per heavy atom. The molecule has 0 amide bonds. The fourth-order valence-corrected chi connectivity index (χ4v) is 1.75. The average molecular weight is 243 g/mol. The number of pyridine rings is 2. The zero-order valence-electron chi connectivity index (χ0n) is 10.4. The van der Waals surface area contributed by atoms with Crippen LogP contribution in [0.15, 0.2) is 42.6 Å². The summed E-state index contributed by atoms with van der Waals surface area (Å²) >= 11 is 0. The molecule has 0 radical (unpaired) electrons. The lowest BCUT2D eigenvalue weighted by Gasteiger charge is -2.15. The molecule has 0 bridgehead atoms. The molecule has 5 nitrogen and oxygen atoms in total. The molecule has 2 aromatic rings. The highest BCUT2D eigenvalue weighted by Gasteiger charge is 2.04. The van der Waals surface area contributed by atoms with Gasteiger partial charge in [0.2, 0.25) is 0 Å². The Kier molecular flexibility index (Phi) is 4.22. The zero-order chi connectivity index (χ0) is 12.8. The molecule has 0 aliphatic rings. The van der Waals surface area contributed by atoms with Gasteiger partial charge < -0.3 is 5.43 Å². The number of rotatable bonds is 5. The zero-order valence-corrected chi connectivity index (χ0v) is 10.4. The molecule has 0 aliphatic carbocycles. The molecule has 0 spiro atoms. The molecule has 0 unspecified atom stereocenters. The van der Waals surface area contributed by atoms with E-state index in [0.717, 1.165) is 24.5 Å². The van der Waals surface area contributed by atoms with Crippen LogP contribution in [0.5, 0.6) is 0 Å². The van der Waals surface area contributed by atoms with E-state index in [2.05, 4.69) is 20.3 Å². The van der Waals surface area contributed by atoms with Gasteiger partial charge in [0.25, 0.3) is 0 Å². The van der Waals surface area contributed by atoms with Crippen molar-refractivity contribution in [2.24, 2.45) is 5.84 Å². The van der Waals surface area contributed by atoms with Gasteiger partial charge in [0.05, 0.1) is 11.4 Å². The summed E-state index contributed by atoms with van der Waals surface area (Å²) in [6, 6.07) is 11.7. The van der Waals surface area contributed by atoms with Crippen molar-refractivity contribution < 1.29 is 0 Å². The summed E-state index contributed by atoms with van der Waals surface area (Å²) in [4.78, 5) is 10.8. The summed E-state index contributed by atoms with van der Waals surface area (Å²) < 4.78 is 0. The molecule has 2 heterocycles. The maximum atomic E-state index is 5.34. The molecule has 0 aliphatic heterocycles. The highest BCUT2D eigenvalue weighted by molar-refractivity contribution is 5.33. The quantitative estimate of drug-likeness (QED) is 0.613. The van der Waals surface area contributed by atoms with Gasteiger partial charge in [-0.05, 0) is 31.3 Å². The van der Waals surface area contributed by atoms with Crippen LogP contribution in [0.3, 0.4) is 0 Å². The first-order valence-electron chi connectivity index (χ1n) is 5.79. The molecule has 0 aromatic carbocycles. The molecular formula is C13H17N5. The van der Waals surface area contributed by atoms with E-state index in [1.807, 2.05) is 43.4 Å². The molecule has 0 atom stereocenters. The lowest BCUT2D eigenvalue weighted by molar-refractivity contribution is 0.311. The van der Waals surface area contributed by atoms with Crippen LogP contribution in [-0.2, 0) is 13.1 Å². The molecular weight excluding hydrogens is 226 g/mol. The number of anilines is 1. The van der Waals surface area contributed by atoms with E-state index in [9.17, 15) is 0 Å². The Morgan fingerprint density at radius 2 is 1.89 bits per heavy atom. The first kappa shape index (κ1) is 12.5. The Hall–Kier alpha value is -1.98. The second kappa shape index (κ2) is 6.09. The molecule has 2 aromatic heterocycles. The Labute approximate surface area is 107 Å². The molecule has 94 valence electrons. The Bertz CT molecular complexity index is 486. The summed E-state index contributed by atoms with van der Waals surface area (Å²) in [5.41, 5.74) is 4.57. The van der Waals surface area contributed by atoms with Gasteiger partial charge in [-0.3, -0.25) is 9.88 Å². The van der Waals surface area contributed by atoms with Crippen LogP contribution in [0.25, 0.3) is 0 Å². The van der Waals surface area contributed by atoms with Crippen molar-refractivity contribution in [3.63, 3.8) is 0 Å². The number of nitrogens with two attached hydrogens (primary N) is 1. The average Bonchev–Trinajstić information content (AvgIpc) is 2.40. The van der Waals surface area contributed by atoms with Crippen molar-refractivity contribution in [2.75, 3.05) is 12.5 Å². The maximum Gasteiger partial charge on any atom is 0.140 e. The van der Waals surface area contributed by atoms with Crippen molar-refractivity contribution in [3.05, 3.63) is 54.0 Å². The van der Waals surface area contributed by atoms with Crippen LogP contribution in [0.2, 0.25) is 0 Å². The van der Waals surface area contributed by atoms with Crippen molar-refractivity contribution in [2.45, 2.75) is 13.1 Å². The van der Waals surface area contributed by atoms with Gasteiger partial charge in [-0.15, -0.1) is 0 Å². The minimum Gasteiger partial charge on any atom is -0.308 e. The van der Waals surface area contributed by atoms with Crippen LogP contribution in [0.1, 0.15) is 11.4 Å². The van der Waals surface area contributed by atoms with E-state index in [1.54, 1.807) is 6.20 Å². The summed E-state index contributed by atoms with van der Waals surface area (Å²) in [5, 5.41) is 0. The molecule has 0 fully saturated rings. The van der Waals surface area contributed by atoms with E-state index in [0.29, 0.717) is 5.82 Å². The summed E-state index contributed by atoms with van der Waals surface area (Å²) in [6.45, 7) is 1.55. The number of hydrazine groups is 1. The number of nitrogen functional groups attached to an aromatic ring is 1. The third-order valence-electron chi connectivity index (χ3n) is 2.54. The van der Waals surface area contributed by atoms with E-state index < -0.39 is 0 Å². The van der Waals surface area contributed by atoms with Crippen LogP contribution in [-0.4, -0.2) is 21.9 Å². The topological polar surface area (TPSA) is 67.1 Å². The predicted octanol–water partition coefficient (Wildman–Crippen LogP) is 1.39. The number of nitrogens with zero attached hydrogens (tertiary/aromatic N) is 3. The van der Waals surface area contributed by atoms with Gasteiger partial charge in [0, 0.05) is 19.3 Å². The third-order valence-corrected chi connectivity index (χ3v) is 2.54. The predicted molar refractivity (Wildman–Crippen MR) is 71.5 cm³/mol. The van der Waals surface area contributed by atoms with E-state index in [4.69, 9.17) is 5.84 Å². The lowest BCUT2D eigenvalue weighted by Crippen LogP contribution is -2.19. The highest BCUT2D eigenvalue weighted by Crippen LogP contribution is 2.07. The minimum absolute atomic E-state index is 0.679. The SMILES string of the molecule is CN(Cc1ccccn1)Cc1cccc(NN)n1. The van der Waals surface area contributed by atoms with Gasteiger partial charge in [0.15, 0.2) is 0 Å². The van der Waals surface area contributed by atoms with Crippen LogP contribution in [0, 0.1) is 0 Å². The fraction of sp³-hybridized carbons (Fsp3) is 0.231. The standard InChI is InChI=1S/C13H17N5/c1-18(9-11-5-2-3-8-15-11)10-12-6-4-7-13(16-12)17-14/h2-8H,9-10,14H2,1H3,(H,16,17). The lowest BCUT2D eigenvalue weighted by atomic mass is 10.3. The minimum atomic E-state index is 0.679. The van der Waals surface area contributed by atoms with Gasteiger partial charge in [0.1, 0.15) is 5.82 Å². The van der Waals surface area contributed by atoms with Crippen molar-refractivity contribution >= 4 is 5.82 Å². The summed E-state index contributed by atoms with van der Waals surface area (Å²) in [5.74, 6) is 6.02. The molecule has 5 heteroatoms. The summed E-state index contributed by atoms with van der Waals surface area (Å²) in [6.07, 6.45) is 1.81. The number of aromatic nitrogens is 2. The second-order valence-electron chi connectivity index (χ2n) is 4.15. The third kappa shape index (κ3) is 3.51. The number of nitrogens with one attached hydrogen (secondary N) is 1. The van der Waals surface area contributed by atoms with Crippen molar-refractivity contribution in [1.29, 1.82) is 0 Å². The van der Waals surface area contributed by atoms with Crippen molar-refractivity contribution in [1.82, 2.24) is 14.9 Å². The molecule has 0 saturated heterocycles. The van der Waals surface area contributed by atoms with E-state index >= 15 is 0 Å². The van der Waals surface area contributed by atoms with Crippen molar-refractivity contribution in [3.8, 4) is 0 Å². The monoisotopic (exact) mass is 243 g/mol. The molecule has 0 saturated carbocycles. The fourth-order valence-electron chi connectivity index (χ4n) is 1.75.